The Hall–Kier alpha value is -3.39. The van der Waals surface area contributed by atoms with E-state index in [1.54, 1.807) is 30.3 Å². The van der Waals surface area contributed by atoms with Crippen LogP contribution in [0, 0.1) is 18.6 Å². The first-order chi connectivity index (χ1) is 16.5. The van der Waals surface area contributed by atoms with Crippen LogP contribution in [0.5, 0.6) is 0 Å². The number of carbonyl (C=O) groups excluding carboxylic acids is 1. The van der Waals surface area contributed by atoms with Gasteiger partial charge >= 0.3 is 0 Å². The topological polar surface area (TPSA) is 59.2 Å². The van der Waals surface area contributed by atoms with Crippen molar-refractivity contribution in [3.63, 3.8) is 0 Å². The summed E-state index contributed by atoms with van der Waals surface area (Å²) in [5.74, 6) is 0.00231. The number of carbonyl (C=O) groups is 1. The average molecular weight is 480 g/mol. The highest BCUT2D eigenvalue weighted by atomic mass is 32.1. The van der Waals surface area contributed by atoms with Crippen LogP contribution in [0.1, 0.15) is 40.6 Å². The van der Waals surface area contributed by atoms with Gasteiger partial charge in [-0.25, -0.2) is 18.7 Å². The van der Waals surface area contributed by atoms with Crippen LogP contribution in [0.15, 0.2) is 59.1 Å². The molecule has 0 N–H and O–H groups in total. The van der Waals surface area contributed by atoms with Crippen molar-refractivity contribution in [2.75, 3.05) is 6.54 Å². The third kappa shape index (κ3) is 4.50. The predicted octanol–water partition coefficient (Wildman–Crippen LogP) is 6.29. The number of piperidine rings is 1. The zero-order valence-corrected chi connectivity index (χ0v) is 19.4. The standard InChI is InChI=1S/C26H23F2N3O2S/c1-16-30-24(25(34-16)17-9-11-18(27)12-10-17)26(32)31-13-5-4-6-19(31)14-23-29-15-22(33-23)20-7-2-3-8-21(20)28/h2-3,7-12,15,19H,4-6,13-14H2,1H3. The highest BCUT2D eigenvalue weighted by Gasteiger charge is 2.32. The van der Waals surface area contributed by atoms with Crippen molar-refractivity contribution >= 4 is 17.2 Å². The van der Waals surface area contributed by atoms with E-state index in [2.05, 4.69) is 9.97 Å². The van der Waals surface area contributed by atoms with Crippen LogP contribution in [0.2, 0.25) is 0 Å². The molecule has 5 rings (SSSR count). The number of hydrogen-bond donors (Lipinski definition) is 0. The minimum Gasteiger partial charge on any atom is -0.441 e. The molecule has 0 saturated carbocycles. The summed E-state index contributed by atoms with van der Waals surface area (Å²) in [5, 5.41) is 0.776. The average Bonchev–Trinajstić information content (AvgIpc) is 3.46. The highest BCUT2D eigenvalue weighted by molar-refractivity contribution is 7.15. The van der Waals surface area contributed by atoms with Gasteiger partial charge in [0.15, 0.2) is 11.7 Å². The van der Waals surface area contributed by atoms with Crippen molar-refractivity contribution in [2.24, 2.45) is 0 Å². The van der Waals surface area contributed by atoms with E-state index >= 15 is 0 Å². The molecule has 1 amide bonds. The first kappa shape index (κ1) is 22.4. The second-order valence-electron chi connectivity index (χ2n) is 8.37. The SMILES string of the molecule is Cc1nc(C(=O)N2CCCCC2Cc2ncc(-c3ccccc3F)o2)c(-c2ccc(F)cc2)s1. The number of nitrogens with zero attached hydrogens (tertiary/aromatic N) is 3. The molecule has 0 aliphatic carbocycles. The number of rotatable bonds is 5. The summed E-state index contributed by atoms with van der Waals surface area (Å²) in [6.45, 7) is 2.48. The van der Waals surface area contributed by atoms with Crippen LogP contribution in [0.3, 0.4) is 0 Å². The van der Waals surface area contributed by atoms with Gasteiger partial charge in [0.2, 0.25) is 0 Å². The van der Waals surface area contributed by atoms with Crippen molar-refractivity contribution < 1.29 is 18.0 Å². The smallest absolute Gasteiger partial charge is 0.274 e. The van der Waals surface area contributed by atoms with Gasteiger partial charge in [0.25, 0.3) is 5.91 Å². The Morgan fingerprint density at radius 1 is 1.15 bits per heavy atom. The molecule has 1 aliphatic heterocycles. The van der Waals surface area contributed by atoms with E-state index in [0.717, 1.165) is 34.7 Å². The Morgan fingerprint density at radius 2 is 1.94 bits per heavy atom. The second kappa shape index (κ2) is 9.46. The predicted molar refractivity (Wildman–Crippen MR) is 127 cm³/mol. The highest BCUT2D eigenvalue weighted by Crippen LogP contribution is 2.33. The maximum atomic E-state index is 14.1. The molecule has 5 nitrogen and oxygen atoms in total. The Bertz CT molecular complexity index is 1320. The van der Waals surface area contributed by atoms with Crippen molar-refractivity contribution in [1.29, 1.82) is 0 Å². The summed E-state index contributed by atoms with van der Waals surface area (Å²) in [6, 6.07) is 12.4. The van der Waals surface area contributed by atoms with Crippen molar-refractivity contribution in [2.45, 2.75) is 38.6 Å². The number of aromatic nitrogens is 2. The molecule has 34 heavy (non-hydrogen) atoms. The maximum Gasteiger partial charge on any atom is 0.274 e. The van der Waals surface area contributed by atoms with Crippen molar-refractivity contribution in [3.8, 4) is 21.8 Å². The first-order valence-corrected chi connectivity index (χ1v) is 12.0. The van der Waals surface area contributed by atoms with Gasteiger partial charge in [0, 0.05) is 19.0 Å². The molecular weight excluding hydrogens is 456 g/mol. The van der Waals surface area contributed by atoms with Crippen LogP contribution >= 0.6 is 11.3 Å². The molecule has 0 bridgehead atoms. The molecular formula is C26H23F2N3O2S. The summed E-state index contributed by atoms with van der Waals surface area (Å²) in [5.41, 5.74) is 1.52. The molecule has 1 aliphatic rings. The minimum atomic E-state index is -0.369. The number of halogens is 2. The molecule has 1 unspecified atom stereocenters. The Labute approximate surface area is 200 Å². The van der Waals surface area contributed by atoms with Crippen LogP contribution in [0.4, 0.5) is 8.78 Å². The van der Waals surface area contributed by atoms with Crippen LogP contribution in [-0.2, 0) is 6.42 Å². The van der Waals surface area contributed by atoms with E-state index in [0.29, 0.717) is 35.9 Å². The molecule has 3 heterocycles. The van der Waals surface area contributed by atoms with E-state index in [-0.39, 0.29) is 23.6 Å². The number of amides is 1. The number of hydrogen-bond acceptors (Lipinski definition) is 5. The van der Waals surface area contributed by atoms with E-state index in [1.165, 1.54) is 35.7 Å². The van der Waals surface area contributed by atoms with Gasteiger partial charge in [-0.3, -0.25) is 4.79 Å². The van der Waals surface area contributed by atoms with Gasteiger partial charge in [-0.05, 0) is 56.0 Å². The molecule has 8 heteroatoms. The first-order valence-electron chi connectivity index (χ1n) is 11.2. The quantitative estimate of drug-likeness (QED) is 0.338. The zero-order chi connectivity index (χ0) is 23.7. The molecule has 2 aromatic heterocycles. The molecule has 0 radical (unpaired) electrons. The number of aryl methyl sites for hydroxylation is 1. The van der Waals surface area contributed by atoms with Crippen molar-refractivity contribution in [3.05, 3.63) is 83.0 Å². The van der Waals surface area contributed by atoms with Crippen LogP contribution in [-0.4, -0.2) is 33.4 Å². The molecule has 0 spiro atoms. The van der Waals surface area contributed by atoms with E-state index < -0.39 is 0 Å². The monoisotopic (exact) mass is 479 g/mol. The largest absolute Gasteiger partial charge is 0.441 e. The van der Waals surface area contributed by atoms with Gasteiger partial charge in [-0.1, -0.05) is 24.3 Å². The summed E-state index contributed by atoms with van der Waals surface area (Å²) < 4.78 is 33.4. The number of thiazole rings is 1. The van der Waals surface area contributed by atoms with Crippen LogP contribution < -0.4 is 0 Å². The summed E-state index contributed by atoms with van der Waals surface area (Å²) in [4.78, 5) is 25.1. The summed E-state index contributed by atoms with van der Waals surface area (Å²) in [7, 11) is 0. The number of likely N-dealkylation sites (tertiary alicyclic amines) is 1. The zero-order valence-electron chi connectivity index (χ0n) is 18.6. The summed E-state index contributed by atoms with van der Waals surface area (Å²) in [6.07, 6.45) is 4.69. The Balaban J connectivity index is 1.39. The Morgan fingerprint density at radius 3 is 2.74 bits per heavy atom. The lowest BCUT2D eigenvalue weighted by Gasteiger charge is -2.35. The van der Waals surface area contributed by atoms with Gasteiger partial charge in [-0.2, -0.15) is 0 Å². The van der Waals surface area contributed by atoms with E-state index in [9.17, 15) is 13.6 Å². The fourth-order valence-electron chi connectivity index (χ4n) is 4.38. The van der Waals surface area contributed by atoms with Gasteiger partial charge in [0.05, 0.1) is 21.6 Å². The van der Waals surface area contributed by atoms with E-state index in [4.69, 9.17) is 4.42 Å². The lowest BCUT2D eigenvalue weighted by molar-refractivity contribution is 0.0601. The third-order valence-electron chi connectivity index (χ3n) is 6.03. The number of benzene rings is 2. The molecule has 4 aromatic rings. The fourth-order valence-corrected chi connectivity index (χ4v) is 5.29. The molecule has 174 valence electrons. The molecule has 1 atom stereocenters. The molecule has 1 fully saturated rings. The molecule has 1 saturated heterocycles. The Kier molecular flexibility index (Phi) is 6.24. The lowest BCUT2D eigenvalue weighted by atomic mass is 9.98. The normalized spacial score (nSPS) is 16.1. The number of oxazole rings is 1. The van der Waals surface area contributed by atoms with E-state index in [1.807, 2.05) is 11.8 Å². The fraction of sp³-hybridized carbons (Fsp3) is 0.269. The molecule has 2 aromatic carbocycles. The second-order valence-corrected chi connectivity index (χ2v) is 9.57. The third-order valence-corrected chi connectivity index (χ3v) is 7.05. The van der Waals surface area contributed by atoms with Gasteiger partial charge < -0.3 is 9.32 Å². The summed E-state index contributed by atoms with van der Waals surface area (Å²) >= 11 is 1.43. The van der Waals surface area contributed by atoms with Crippen molar-refractivity contribution in [1.82, 2.24) is 14.9 Å². The van der Waals surface area contributed by atoms with Crippen LogP contribution in [0.25, 0.3) is 21.8 Å². The van der Waals surface area contributed by atoms with Gasteiger partial charge in [0.1, 0.15) is 17.3 Å². The van der Waals surface area contributed by atoms with Gasteiger partial charge in [-0.15, -0.1) is 11.3 Å². The maximum absolute atomic E-state index is 14.1. The lowest BCUT2D eigenvalue weighted by Crippen LogP contribution is -2.45. The minimum absolute atomic E-state index is 0.101.